The third-order valence-electron chi connectivity index (χ3n) is 3.28. The molecule has 20 heavy (non-hydrogen) atoms. The van der Waals surface area contributed by atoms with Gasteiger partial charge in [0.1, 0.15) is 9.84 Å². The van der Waals surface area contributed by atoms with Crippen molar-refractivity contribution in [3.8, 4) is 0 Å². The number of hydrogen-bond acceptors (Lipinski definition) is 4. The summed E-state index contributed by atoms with van der Waals surface area (Å²) in [5.41, 5.74) is 4.41. The van der Waals surface area contributed by atoms with E-state index in [0.29, 0.717) is 18.5 Å². The van der Waals surface area contributed by atoms with Crippen LogP contribution in [0.4, 0.5) is 24.5 Å². The third kappa shape index (κ3) is 3.56. The fraction of sp³-hybridized carbons (Fsp3) is 0.500. The fourth-order valence-electron chi connectivity index (χ4n) is 2.16. The minimum Gasteiger partial charge on any atom is -0.398 e. The number of alkyl halides is 3. The molecular formula is C12H15F3N2O2S. The maximum Gasteiger partial charge on any atom is 0.418 e. The van der Waals surface area contributed by atoms with E-state index < -0.39 is 21.6 Å². The van der Waals surface area contributed by atoms with Crippen LogP contribution in [-0.2, 0) is 16.0 Å². The van der Waals surface area contributed by atoms with Crippen molar-refractivity contribution in [3.63, 3.8) is 0 Å². The van der Waals surface area contributed by atoms with Gasteiger partial charge in [0.15, 0.2) is 0 Å². The number of sulfone groups is 1. The Bertz CT molecular complexity index is 585. The molecule has 0 atom stereocenters. The molecule has 1 aliphatic heterocycles. The second kappa shape index (κ2) is 5.16. The molecule has 3 N–H and O–H groups in total. The van der Waals surface area contributed by atoms with Crippen molar-refractivity contribution in [2.45, 2.75) is 25.1 Å². The lowest BCUT2D eigenvalue weighted by molar-refractivity contribution is -0.136. The molecule has 0 saturated carbocycles. The van der Waals surface area contributed by atoms with E-state index in [9.17, 15) is 21.6 Å². The zero-order chi connectivity index (χ0) is 15.0. The first kappa shape index (κ1) is 15.0. The lowest BCUT2D eigenvalue weighted by Crippen LogP contribution is -2.32. The lowest BCUT2D eigenvalue weighted by Gasteiger charge is -2.24. The average molecular weight is 308 g/mol. The number of hydrogen-bond donors (Lipinski definition) is 2. The number of anilines is 2. The van der Waals surface area contributed by atoms with E-state index in [-0.39, 0.29) is 23.2 Å². The van der Waals surface area contributed by atoms with Crippen LogP contribution < -0.4 is 11.1 Å². The number of nitrogen functional groups attached to an aromatic ring is 1. The van der Waals surface area contributed by atoms with Crippen molar-refractivity contribution >= 4 is 21.2 Å². The van der Waals surface area contributed by atoms with Gasteiger partial charge in [-0.1, -0.05) is 0 Å². The second-order valence-electron chi connectivity index (χ2n) is 4.87. The van der Waals surface area contributed by atoms with Gasteiger partial charge in [0.05, 0.1) is 17.1 Å². The standard InChI is InChI=1S/C12H15F3N2O2S/c13-12(14,15)10-7-9(1-2-11(10)16)17-8-3-5-20(18,19)6-4-8/h1-2,7-8,17H,3-6,16H2. The van der Waals surface area contributed by atoms with Crippen LogP contribution in [-0.4, -0.2) is 26.0 Å². The van der Waals surface area contributed by atoms with E-state index in [0.717, 1.165) is 6.07 Å². The highest BCUT2D eigenvalue weighted by Crippen LogP contribution is 2.35. The van der Waals surface area contributed by atoms with Gasteiger partial charge in [0.2, 0.25) is 0 Å². The van der Waals surface area contributed by atoms with Gasteiger partial charge >= 0.3 is 6.18 Å². The minimum atomic E-state index is -4.50. The zero-order valence-electron chi connectivity index (χ0n) is 10.6. The first-order valence-corrected chi connectivity index (χ1v) is 7.93. The van der Waals surface area contributed by atoms with Gasteiger partial charge in [-0.25, -0.2) is 8.42 Å². The van der Waals surface area contributed by atoms with Gasteiger partial charge in [0.25, 0.3) is 0 Å². The predicted octanol–water partition coefficient (Wildman–Crippen LogP) is 2.28. The van der Waals surface area contributed by atoms with Gasteiger partial charge in [-0.2, -0.15) is 13.2 Å². The number of halogens is 3. The van der Waals surface area contributed by atoms with Crippen LogP contribution >= 0.6 is 0 Å². The maximum absolute atomic E-state index is 12.7. The Morgan fingerprint density at radius 3 is 2.35 bits per heavy atom. The molecule has 112 valence electrons. The Kier molecular flexibility index (Phi) is 3.86. The molecular weight excluding hydrogens is 293 g/mol. The summed E-state index contributed by atoms with van der Waals surface area (Å²) in [6.45, 7) is 0. The molecule has 1 aromatic carbocycles. The van der Waals surface area contributed by atoms with Crippen molar-refractivity contribution in [2.75, 3.05) is 22.6 Å². The first-order chi connectivity index (χ1) is 9.17. The highest BCUT2D eigenvalue weighted by atomic mass is 32.2. The minimum absolute atomic E-state index is 0.0613. The van der Waals surface area contributed by atoms with E-state index in [1.807, 2.05) is 0 Å². The molecule has 1 aromatic rings. The smallest absolute Gasteiger partial charge is 0.398 e. The largest absolute Gasteiger partial charge is 0.418 e. The second-order valence-corrected chi connectivity index (χ2v) is 7.17. The van der Waals surface area contributed by atoms with Crippen molar-refractivity contribution < 1.29 is 21.6 Å². The van der Waals surface area contributed by atoms with Gasteiger partial charge in [-0.05, 0) is 31.0 Å². The van der Waals surface area contributed by atoms with Gasteiger partial charge in [0, 0.05) is 17.4 Å². The Hall–Kier alpha value is -1.44. The summed E-state index contributed by atoms with van der Waals surface area (Å²) in [5.74, 6) is 0.123. The number of nitrogens with one attached hydrogen (secondary N) is 1. The van der Waals surface area contributed by atoms with E-state index in [1.54, 1.807) is 0 Å². The summed E-state index contributed by atoms with van der Waals surface area (Å²) in [6, 6.07) is 3.49. The van der Waals surface area contributed by atoms with E-state index in [4.69, 9.17) is 5.73 Å². The summed E-state index contributed by atoms with van der Waals surface area (Å²) in [5, 5.41) is 2.94. The SMILES string of the molecule is Nc1ccc(NC2CCS(=O)(=O)CC2)cc1C(F)(F)F. The molecule has 0 unspecified atom stereocenters. The van der Waals surface area contributed by atoms with Crippen molar-refractivity contribution in [2.24, 2.45) is 0 Å². The maximum atomic E-state index is 12.7. The molecule has 0 aliphatic carbocycles. The van der Waals surface area contributed by atoms with Crippen molar-refractivity contribution in [3.05, 3.63) is 23.8 Å². The molecule has 0 amide bonds. The van der Waals surface area contributed by atoms with Gasteiger partial charge in [-0.3, -0.25) is 0 Å². The van der Waals surface area contributed by atoms with Crippen LogP contribution in [0.2, 0.25) is 0 Å². The number of benzene rings is 1. The van der Waals surface area contributed by atoms with Gasteiger partial charge < -0.3 is 11.1 Å². The molecule has 1 saturated heterocycles. The van der Waals surface area contributed by atoms with E-state index in [1.165, 1.54) is 12.1 Å². The molecule has 1 heterocycles. The summed E-state index contributed by atoms with van der Waals surface area (Å²) >= 11 is 0. The summed E-state index contributed by atoms with van der Waals surface area (Å²) in [4.78, 5) is 0. The van der Waals surface area contributed by atoms with Gasteiger partial charge in [-0.15, -0.1) is 0 Å². The molecule has 1 aliphatic rings. The zero-order valence-corrected chi connectivity index (χ0v) is 11.4. The highest BCUT2D eigenvalue weighted by molar-refractivity contribution is 7.91. The Morgan fingerprint density at radius 2 is 1.80 bits per heavy atom. The van der Waals surface area contributed by atoms with Crippen LogP contribution in [0, 0.1) is 0 Å². The average Bonchev–Trinajstić information content (AvgIpc) is 2.33. The first-order valence-electron chi connectivity index (χ1n) is 6.11. The van der Waals surface area contributed by atoms with Crippen LogP contribution in [0.25, 0.3) is 0 Å². The quantitative estimate of drug-likeness (QED) is 0.822. The number of rotatable bonds is 2. The fourth-order valence-corrected chi connectivity index (χ4v) is 3.65. The van der Waals surface area contributed by atoms with Crippen molar-refractivity contribution in [1.29, 1.82) is 0 Å². The molecule has 1 fully saturated rings. The Balaban J connectivity index is 2.11. The molecule has 4 nitrogen and oxygen atoms in total. The normalized spacial score (nSPS) is 19.8. The molecule has 0 spiro atoms. The Morgan fingerprint density at radius 1 is 1.20 bits per heavy atom. The molecule has 0 aromatic heterocycles. The van der Waals surface area contributed by atoms with Crippen LogP contribution in [0.5, 0.6) is 0 Å². The third-order valence-corrected chi connectivity index (χ3v) is 5.00. The predicted molar refractivity (Wildman–Crippen MR) is 71.2 cm³/mol. The molecule has 8 heteroatoms. The summed E-state index contributed by atoms with van der Waals surface area (Å²) in [6.07, 6.45) is -3.71. The highest BCUT2D eigenvalue weighted by Gasteiger charge is 2.33. The van der Waals surface area contributed by atoms with Crippen molar-refractivity contribution in [1.82, 2.24) is 0 Å². The van der Waals surface area contributed by atoms with Crippen LogP contribution in [0.3, 0.4) is 0 Å². The summed E-state index contributed by atoms with van der Waals surface area (Å²) in [7, 11) is -2.99. The number of nitrogens with two attached hydrogens (primary N) is 1. The monoisotopic (exact) mass is 308 g/mol. The van der Waals surface area contributed by atoms with Crippen LogP contribution in [0.15, 0.2) is 18.2 Å². The van der Waals surface area contributed by atoms with E-state index in [2.05, 4.69) is 5.32 Å². The summed E-state index contributed by atoms with van der Waals surface area (Å²) < 4.78 is 60.7. The topological polar surface area (TPSA) is 72.2 Å². The van der Waals surface area contributed by atoms with Crippen LogP contribution in [0.1, 0.15) is 18.4 Å². The molecule has 0 bridgehead atoms. The molecule has 2 rings (SSSR count). The lowest BCUT2D eigenvalue weighted by atomic mass is 10.1. The Labute approximate surface area is 115 Å². The molecule has 0 radical (unpaired) electrons. The van der Waals surface area contributed by atoms with E-state index >= 15 is 0 Å².